The van der Waals surface area contributed by atoms with E-state index in [2.05, 4.69) is 4.74 Å². The molecule has 0 aromatic heterocycles. The number of methoxy groups -OCH3 is 1. The number of nitrogen functional groups attached to an aromatic ring is 1. The Bertz CT molecular complexity index is 443. The minimum atomic E-state index is -0.521. The first-order valence-corrected chi connectivity index (χ1v) is 4.56. The molecular weight excluding hydrogens is 212 g/mol. The van der Waals surface area contributed by atoms with Gasteiger partial charge in [0.25, 0.3) is 5.69 Å². The molecular formula is C10H12N2O4. The molecule has 2 N–H and O–H groups in total. The zero-order valence-electron chi connectivity index (χ0n) is 9.02. The van der Waals surface area contributed by atoms with E-state index in [1.165, 1.54) is 13.2 Å². The first kappa shape index (κ1) is 12.0. The second kappa shape index (κ2) is 4.61. The molecule has 16 heavy (non-hydrogen) atoms. The summed E-state index contributed by atoms with van der Waals surface area (Å²) in [6.07, 6.45) is -0.0260. The molecule has 1 aromatic rings. The van der Waals surface area contributed by atoms with Gasteiger partial charge in [-0.2, -0.15) is 0 Å². The van der Waals surface area contributed by atoms with Crippen LogP contribution in [0.2, 0.25) is 0 Å². The van der Waals surface area contributed by atoms with E-state index in [0.717, 1.165) is 0 Å². The lowest BCUT2D eigenvalue weighted by Crippen LogP contribution is -2.06. The van der Waals surface area contributed by atoms with Crippen LogP contribution in [0.3, 0.4) is 0 Å². The molecule has 0 saturated carbocycles. The molecule has 0 amide bonds. The van der Waals surface area contributed by atoms with Crippen molar-refractivity contribution in [2.24, 2.45) is 0 Å². The van der Waals surface area contributed by atoms with Gasteiger partial charge < -0.3 is 10.5 Å². The van der Waals surface area contributed by atoms with Crippen LogP contribution in [0.4, 0.5) is 11.4 Å². The average Bonchev–Trinajstić information content (AvgIpc) is 2.22. The van der Waals surface area contributed by atoms with Crippen molar-refractivity contribution in [2.45, 2.75) is 13.3 Å². The van der Waals surface area contributed by atoms with E-state index in [-0.39, 0.29) is 12.1 Å². The third-order valence-electron chi connectivity index (χ3n) is 2.25. The number of rotatable bonds is 3. The maximum atomic E-state index is 11.0. The highest BCUT2D eigenvalue weighted by Gasteiger charge is 2.16. The van der Waals surface area contributed by atoms with E-state index >= 15 is 0 Å². The van der Waals surface area contributed by atoms with Gasteiger partial charge in [0.2, 0.25) is 0 Å². The second-order valence-electron chi connectivity index (χ2n) is 3.34. The van der Waals surface area contributed by atoms with E-state index in [1.54, 1.807) is 13.0 Å². The number of benzene rings is 1. The minimum Gasteiger partial charge on any atom is -0.469 e. The molecule has 6 heteroatoms. The van der Waals surface area contributed by atoms with E-state index in [4.69, 9.17) is 5.73 Å². The fourth-order valence-electron chi connectivity index (χ4n) is 1.31. The molecule has 0 bridgehead atoms. The van der Waals surface area contributed by atoms with Crippen LogP contribution in [0, 0.1) is 17.0 Å². The maximum Gasteiger partial charge on any atom is 0.309 e. The van der Waals surface area contributed by atoms with Crippen molar-refractivity contribution < 1.29 is 14.5 Å². The summed E-state index contributed by atoms with van der Waals surface area (Å²) >= 11 is 0. The lowest BCUT2D eigenvalue weighted by molar-refractivity contribution is -0.385. The standard InChI is InChI=1S/C10H12N2O4/c1-6-8(11)3-7(5-10(13)16-2)4-9(6)12(14)15/h3-4H,5,11H2,1-2H3. The van der Waals surface area contributed by atoms with Crippen molar-refractivity contribution in [2.75, 3.05) is 12.8 Å². The zero-order valence-corrected chi connectivity index (χ0v) is 9.02. The minimum absolute atomic E-state index is 0.0260. The van der Waals surface area contributed by atoms with Gasteiger partial charge in [-0.25, -0.2) is 0 Å². The number of nitro benzene ring substituents is 1. The Hall–Kier alpha value is -2.11. The highest BCUT2D eigenvalue weighted by atomic mass is 16.6. The molecule has 1 aromatic carbocycles. The first-order valence-electron chi connectivity index (χ1n) is 4.56. The summed E-state index contributed by atoms with van der Waals surface area (Å²) in [7, 11) is 1.26. The van der Waals surface area contributed by atoms with Gasteiger partial charge in [0.1, 0.15) is 0 Å². The number of hydrogen-bond donors (Lipinski definition) is 1. The van der Waals surface area contributed by atoms with Gasteiger partial charge in [-0.1, -0.05) is 0 Å². The van der Waals surface area contributed by atoms with Crippen LogP contribution in [0.5, 0.6) is 0 Å². The van der Waals surface area contributed by atoms with Crippen LogP contribution in [0.25, 0.3) is 0 Å². The van der Waals surface area contributed by atoms with Crippen LogP contribution < -0.4 is 5.73 Å². The normalized spacial score (nSPS) is 9.88. The summed E-state index contributed by atoms with van der Waals surface area (Å²) in [6, 6.07) is 2.88. The van der Waals surface area contributed by atoms with Gasteiger partial charge in [0, 0.05) is 17.3 Å². The fourth-order valence-corrected chi connectivity index (χ4v) is 1.31. The molecule has 0 saturated heterocycles. The van der Waals surface area contributed by atoms with E-state index in [9.17, 15) is 14.9 Å². The second-order valence-corrected chi connectivity index (χ2v) is 3.34. The highest BCUT2D eigenvalue weighted by Crippen LogP contribution is 2.25. The van der Waals surface area contributed by atoms with Crippen molar-refractivity contribution in [1.82, 2.24) is 0 Å². The van der Waals surface area contributed by atoms with Gasteiger partial charge >= 0.3 is 5.97 Å². The zero-order chi connectivity index (χ0) is 12.3. The number of ether oxygens (including phenoxy) is 1. The Morgan fingerprint density at radius 2 is 2.19 bits per heavy atom. The predicted octanol–water partition coefficient (Wildman–Crippen LogP) is 1.20. The van der Waals surface area contributed by atoms with E-state index in [0.29, 0.717) is 16.8 Å². The largest absolute Gasteiger partial charge is 0.469 e. The fraction of sp³-hybridized carbons (Fsp3) is 0.300. The van der Waals surface area contributed by atoms with Gasteiger partial charge in [0.15, 0.2) is 0 Å². The molecule has 6 nitrogen and oxygen atoms in total. The average molecular weight is 224 g/mol. The maximum absolute atomic E-state index is 11.0. The summed E-state index contributed by atoms with van der Waals surface area (Å²) in [5.41, 5.74) is 6.71. The third-order valence-corrected chi connectivity index (χ3v) is 2.25. The molecule has 0 heterocycles. The van der Waals surface area contributed by atoms with Crippen LogP contribution >= 0.6 is 0 Å². The van der Waals surface area contributed by atoms with Crippen LogP contribution in [-0.2, 0) is 16.0 Å². The third kappa shape index (κ3) is 2.47. The number of hydrogen-bond acceptors (Lipinski definition) is 5. The van der Waals surface area contributed by atoms with Crippen molar-refractivity contribution in [3.63, 3.8) is 0 Å². The smallest absolute Gasteiger partial charge is 0.309 e. The Kier molecular flexibility index (Phi) is 3.44. The first-order chi connectivity index (χ1) is 7.45. The molecule has 0 spiro atoms. The Labute approximate surface area is 92.2 Å². The Morgan fingerprint density at radius 1 is 1.56 bits per heavy atom. The molecule has 0 aliphatic carbocycles. The lowest BCUT2D eigenvalue weighted by atomic mass is 10.1. The Balaban J connectivity index is 3.14. The monoisotopic (exact) mass is 224 g/mol. The molecule has 0 unspecified atom stereocenters. The highest BCUT2D eigenvalue weighted by molar-refractivity contribution is 5.74. The van der Waals surface area contributed by atoms with Crippen LogP contribution in [0.15, 0.2) is 12.1 Å². The number of nitrogens with zero attached hydrogens (tertiary/aromatic N) is 1. The summed E-state index contributed by atoms with van der Waals surface area (Å²) in [4.78, 5) is 21.2. The number of nitro groups is 1. The Morgan fingerprint density at radius 3 is 2.69 bits per heavy atom. The number of anilines is 1. The summed E-state index contributed by atoms with van der Waals surface area (Å²) < 4.78 is 4.47. The summed E-state index contributed by atoms with van der Waals surface area (Å²) in [5.74, 6) is -0.461. The van der Waals surface area contributed by atoms with Crippen molar-refractivity contribution in [3.05, 3.63) is 33.4 Å². The number of carbonyl (C=O) groups is 1. The molecule has 86 valence electrons. The van der Waals surface area contributed by atoms with Crippen LogP contribution in [-0.4, -0.2) is 18.0 Å². The quantitative estimate of drug-likeness (QED) is 0.360. The molecule has 1 rings (SSSR count). The van der Waals surface area contributed by atoms with Crippen molar-refractivity contribution >= 4 is 17.3 Å². The van der Waals surface area contributed by atoms with Gasteiger partial charge in [0.05, 0.1) is 18.5 Å². The van der Waals surface area contributed by atoms with Gasteiger partial charge in [-0.3, -0.25) is 14.9 Å². The van der Waals surface area contributed by atoms with Crippen molar-refractivity contribution in [3.8, 4) is 0 Å². The molecule has 0 radical (unpaired) electrons. The van der Waals surface area contributed by atoms with Crippen LogP contribution in [0.1, 0.15) is 11.1 Å². The number of nitrogens with two attached hydrogens (primary N) is 1. The molecule has 0 aliphatic rings. The topological polar surface area (TPSA) is 95.5 Å². The SMILES string of the molecule is COC(=O)Cc1cc(N)c(C)c([N+](=O)[O-])c1. The molecule has 0 atom stereocenters. The molecule has 0 fully saturated rings. The summed E-state index contributed by atoms with van der Waals surface area (Å²) in [5, 5.41) is 10.7. The van der Waals surface area contributed by atoms with Gasteiger partial charge in [-0.15, -0.1) is 0 Å². The number of carbonyl (C=O) groups excluding carboxylic acids is 1. The lowest BCUT2D eigenvalue weighted by Gasteiger charge is -2.05. The predicted molar refractivity (Wildman–Crippen MR) is 58.0 cm³/mol. The summed E-state index contributed by atoms with van der Waals surface area (Å²) in [6.45, 7) is 1.56. The van der Waals surface area contributed by atoms with Gasteiger partial charge in [-0.05, 0) is 18.6 Å². The van der Waals surface area contributed by atoms with Crippen molar-refractivity contribution in [1.29, 1.82) is 0 Å². The molecule has 0 aliphatic heterocycles. The van der Waals surface area contributed by atoms with E-state index < -0.39 is 10.9 Å². The van der Waals surface area contributed by atoms with E-state index in [1.807, 2.05) is 0 Å². The number of esters is 1.